The van der Waals surface area contributed by atoms with E-state index in [0.717, 1.165) is 0 Å². The highest BCUT2D eigenvalue weighted by atomic mass is 16.5. The molecule has 0 radical (unpaired) electrons. The van der Waals surface area contributed by atoms with Gasteiger partial charge in [0.25, 0.3) is 0 Å². The van der Waals surface area contributed by atoms with E-state index >= 15 is 0 Å². The lowest BCUT2D eigenvalue weighted by atomic mass is 9.82. The minimum Gasteiger partial charge on any atom is -0.481 e. The summed E-state index contributed by atoms with van der Waals surface area (Å²) in [4.78, 5) is 46.9. The Bertz CT molecular complexity index is 799. The number of benzene rings is 1. The molecule has 1 aromatic rings. The zero-order valence-electron chi connectivity index (χ0n) is 17.6. The van der Waals surface area contributed by atoms with Crippen LogP contribution in [-0.2, 0) is 23.9 Å². The molecule has 0 unspecified atom stereocenters. The minimum atomic E-state index is -0.782. The molecule has 0 heterocycles. The number of carboxylic acid groups (broad SMARTS) is 1. The molecule has 8 heteroatoms. The van der Waals surface area contributed by atoms with Crippen LogP contribution < -0.4 is 9.47 Å². The summed E-state index contributed by atoms with van der Waals surface area (Å²) in [7, 11) is 0. The van der Waals surface area contributed by atoms with Gasteiger partial charge in [-0.25, -0.2) is 0 Å². The Balaban J connectivity index is 1.40. The fourth-order valence-corrected chi connectivity index (χ4v) is 4.19. The van der Waals surface area contributed by atoms with Gasteiger partial charge in [0.05, 0.1) is 17.8 Å². The summed E-state index contributed by atoms with van der Waals surface area (Å²) in [5.41, 5.74) is 0. The fourth-order valence-electron chi connectivity index (χ4n) is 4.19. The molecule has 0 spiro atoms. The van der Waals surface area contributed by atoms with Crippen molar-refractivity contribution >= 4 is 23.9 Å². The van der Waals surface area contributed by atoms with Crippen LogP contribution in [0.1, 0.15) is 58.3 Å². The van der Waals surface area contributed by atoms with Crippen LogP contribution >= 0.6 is 0 Å². The lowest BCUT2D eigenvalue weighted by Crippen LogP contribution is -2.33. The smallest absolute Gasteiger partial charge is 0.314 e. The second-order valence-corrected chi connectivity index (χ2v) is 8.28. The Kier molecular flexibility index (Phi) is 7.65. The van der Waals surface area contributed by atoms with Gasteiger partial charge in [0, 0.05) is 6.92 Å². The third kappa shape index (κ3) is 6.54. The van der Waals surface area contributed by atoms with Crippen molar-refractivity contribution in [2.45, 2.75) is 64.4 Å². The zero-order valence-corrected chi connectivity index (χ0v) is 17.6. The third-order valence-electron chi connectivity index (χ3n) is 6.00. The van der Waals surface area contributed by atoms with E-state index < -0.39 is 11.9 Å². The highest BCUT2D eigenvalue weighted by Crippen LogP contribution is 2.33. The van der Waals surface area contributed by atoms with Crippen LogP contribution in [-0.4, -0.2) is 35.1 Å². The number of carbonyl (C=O) groups is 4. The quantitative estimate of drug-likeness (QED) is 0.536. The highest BCUT2D eigenvalue weighted by Gasteiger charge is 2.34. The van der Waals surface area contributed by atoms with E-state index in [4.69, 9.17) is 19.3 Å². The standard InChI is InChI=1S/C23H28O8/c1-14(24)29-18-10-12-20(13-11-18)31-23(28)17-4-2-16(3-5-17)22(27)30-19-8-6-15(7-9-19)21(25)26/h10-13,15-17,19H,2-9H2,1H3,(H,25,26). The van der Waals surface area contributed by atoms with Crippen molar-refractivity contribution in [2.75, 3.05) is 0 Å². The summed E-state index contributed by atoms with van der Waals surface area (Å²) in [5, 5.41) is 9.05. The summed E-state index contributed by atoms with van der Waals surface area (Å²) >= 11 is 0. The molecule has 31 heavy (non-hydrogen) atoms. The van der Waals surface area contributed by atoms with E-state index in [-0.39, 0.29) is 35.8 Å². The first-order chi connectivity index (χ1) is 14.8. The van der Waals surface area contributed by atoms with Crippen LogP contribution in [0.25, 0.3) is 0 Å². The SMILES string of the molecule is CC(=O)Oc1ccc(OC(=O)C2CCC(C(=O)OC3CCC(C(=O)O)CC3)CC2)cc1. The van der Waals surface area contributed by atoms with E-state index in [9.17, 15) is 19.2 Å². The average Bonchev–Trinajstić information content (AvgIpc) is 2.75. The molecule has 1 N–H and O–H groups in total. The maximum atomic E-state index is 12.5. The number of carboxylic acids is 1. The summed E-state index contributed by atoms with van der Waals surface area (Å²) in [6.07, 6.45) is 4.26. The van der Waals surface area contributed by atoms with Gasteiger partial charge in [-0.2, -0.15) is 0 Å². The van der Waals surface area contributed by atoms with Crippen molar-refractivity contribution in [3.8, 4) is 11.5 Å². The molecule has 2 aliphatic rings. The van der Waals surface area contributed by atoms with Gasteiger partial charge in [0.15, 0.2) is 0 Å². The molecule has 2 saturated carbocycles. The van der Waals surface area contributed by atoms with Gasteiger partial charge in [0.1, 0.15) is 17.6 Å². The second-order valence-electron chi connectivity index (χ2n) is 8.28. The molecule has 3 rings (SSSR count). The molecular formula is C23H28O8. The van der Waals surface area contributed by atoms with Gasteiger partial charge >= 0.3 is 23.9 Å². The van der Waals surface area contributed by atoms with Crippen LogP contribution in [0, 0.1) is 17.8 Å². The van der Waals surface area contributed by atoms with E-state index in [2.05, 4.69) is 0 Å². The molecule has 168 valence electrons. The molecular weight excluding hydrogens is 404 g/mol. The molecule has 0 bridgehead atoms. The molecule has 2 fully saturated rings. The Hall–Kier alpha value is -2.90. The molecule has 1 aromatic carbocycles. The Morgan fingerprint density at radius 1 is 0.710 bits per heavy atom. The normalized spacial score (nSPS) is 25.8. The van der Waals surface area contributed by atoms with Crippen LogP contribution in [0.4, 0.5) is 0 Å². The molecule has 8 nitrogen and oxygen atoms in total. The first-order valence-corrected chi connectivity index (χ1v) is 10.7. The largest absolute Gasteiger partial charge is 0.481 e. The summed E-state index contributed by atoms with van der Waals surface area (Å²) < 4.78 is 16.0. The number of aliphatic carboxylic acids is 1. The van der Waals surface area contributed by atoms with Crippen LogP contribution in [0.2, 0.25) is 0 Å². The summed E-state index contributed by atoms with van der Waals surface area (Å²) in [6.45, 7) is 1.31. The van der Waals surface area contributed by atoms with Crippen LogP contribution in [0.5, 0.6) is 11.5 Å². The number of esters is 3. The van der Waals surface area contributed by atoms with Gasteiger partial charge in [0.2, 0.25) is 0 Å². The van der Waals surface area contributed by atoms with Crippen molar-refractivity contribution in [1.29, 1.82) is 0 Å². The van der Waals surface area contributed by atoms with Crippen LogP contribution in [0.3, 0.4) is 0 Å². The monoisotopic (exact) mass is 432 g/mol. The second kappa shape index (κ2) is 10.4. The van der Waals surface area contributed by atoms with E-state index in [1.165, 1.54) is 6.92 Å². The fraction of sp³-hybridized carbons (Fsp3) is 0.565. The summed E-state index contributed by atoms with van der Waals surface area (Å²) in [6, 6.07) is 6.25. The lowest BCUT2D eigenvalue weighted by Gasteiger charge is -2.30. The Morgan fingerprint density at radius 2 is 1.16 bits per heavy atom. The average molecular weight is 432 g/mol. The third-order valence-corrected chi connectivity index (χ3v) is 6.00. The van der Waals surface area contributed by atoms with Crippen molar-refractivity contribution in [2.24, 2.45) is 17.8 Å². The van der Waals surface area contributed by atoms with Gasteiger partial charge in [-0.3, -0.25) is 19.2 Å². The first kappa shape index (κ1) is 22.8. The number of ether oxygens (including phenoxy) is 3. The molecule has 0 saturated heterocycles. The maximum absolute atomic E-state index is 12.5. The minimum absolute atomic E-state index is 0.208. The number of hydrogen-bond donors (Lipinski definition) is 1. The van der Waals surface area contributed by atoms with E-state index in [1.54, 1.807) is 24.3 Å². The topological polar surface area (TPSA) is 116 Å². The highest BCUT2D eigenvalue weighted by molar-refractivity contribution is 5.77. The molecule has 0 aliphatic heterocycles. The molecule has 2 aliphatic carbocycles. The van der Waals surface area contributed by atoms with Gasteiger partial charge in [-0.1, -0.05) is 0 Å². The maximum Gasteiger partial charge on any atom is 0.314 e. The zero-order chi connectivity index (χ0) is 22.4. The van der Waals surface area contributed by atoms with Crippen LogP contribution in [0.15, 0.2) is 24.3 Å². The van der Waals surface area contributed by atoms with Gasteiger partial charge < -0.3 is 19.3 Å². The molecule has 0 atom stereocenters. The lowest BCUT2D eigenvalue weighted by molar-refractivity contribution is -0.159. The predicted molar refractivity (Wildman–Crippen MR) is 108 cm³/mol. The number of rotatable bonds is 6. The van der Waals surface area contributed by atoms with Crippen molar-refractivity contribution in [3.05, 3.63) is 24.3 Å². The molecule has 0 aromatic heterocycles. The van der Waals surface area contributed by atoms with Crippen molar-refractivity contribution in [3.63, 3.8) is 0 Å². The summed E-state index contributed by atoms with van der Waals surface area (Å²) in [5.74, 6) is -1.88. The molecule has 0 amide bonds. The number of hydrogen-bond acceptors (Lipinski definition) is 7. The Morgan fingerprint density at radius 3 is 1.65 bits per heavy atom. The van der Waals surface area contributed by atoms with Gasteiger partial charge in [-0.15, -0.1) is 0 Å². The van der Waals surface area contributed by atoms with Gasteiger partial charge in [-0.05, 0) is 75.6 Å². The predicted octanol–water partition coefficient (Wildman–Crippen LogP) is 3.51. The van der Waals surface area contributed by atoms with E-state index in [1.807, 2.05) is 0 Å². The Labute approximate surface area is 180 Å². The van der Waals surface area contributed by atoms with Crippen molar-refractivity contribution in [1.82, 2.24) is 0 Å². The number of carbonyl (C=O) groups excluding carboxylic acids is 3. The van der Waals surface area contributed by atoms with E-state index in [0.29, 0.717) is 62.9 Å². The van der Waals surface area contributed by atoms with Crippen molar-refractivity contribution < 1.29 is 38.5 Å². The first-order valence-electron chi connectivity index (χ1n) is 10.7.